The highest BCUT2D eigenvalue weighted by Crippen LogP contribution is 2.38. The molecule has 0 aliphatic carbocycles. The van der Waals surface area contributed by atoms with Crippen LogP contribution in [0.1, 0.15) is 27.7 Å². The minimum absolute atomic E-state index is 0.130. The molecule has 2 aliphatic rings. The molecule has 0 bridgehead atoms. The number of carbonyl (C=O) groups is 1. The van der Waals surface area contributed by atoms with Gasteiger partial charge < -0.3 is 29.9 Å². The van der Waals surface area contributed by atoms with Gasteiger partial charge >= 0.3 is 0 Å². The Kier molecular flexibility index (Phi) is 3.94. The van der Waals surface area contributed by atoms with Crippen molar-refractivity contribution in [1.82, 2.24) is 4.90 Å². The van der Waals surface area contributed by atoms with Gasteiger partial charge in [0.1, 0.15) is 6.17 Å². The Balaban J connectivity index is 1.55. The number of fused-ring (bicyclic) bond motifs is 2. The van der Waals surface area contributed by atoms with Gasteiger partial charge in [0, 0.05) is 12.2 Å². The first-order chi connectivity index (χ1) is 14.1. The first kappa shape index (κ1) is 17.2. The first-order valence-electron chi connectivity index (χ1n) is 9.17. The number of hydrogen-bond donors (Lipinski definition) is 3. The van der Waals surface area contributed by atoms with Crippen LogP contribution in [-0.2, 0) is 6.54 Å². The van der Waals surface area contributed by atoms with Gasteiger partial charge in [-0.3, -0.25) is 4.79 Å². The largest absolute Gasteiger partial charge is 0.504 e. The van der Waals surface area contributed by atoms with E-state index in [2.05, 4.69) is 5.32 Å². The van der Waals surface area contributed by atoms with Gasteiger partial charge in [-0.15, -0.1) is 0 Å². The van der Waals surface area contributed by atoms with Gasteiger partial charge in [0.25, 0.3) is 5.91 Å². The normalized spacial score (nSPS) is 17.0. The van der Waals surface area contributed by atoms with Gasteiger partial charge in [-0.2, -0.15) is 0 Å². The fraction of sp³-hybridized carbons (Fsp3) is 0.136. The molecule has 7 heteroatoms. The SMILES string of the molecule is O=C1c2ccccc2NC(c2ccc(O)c(O)c2)N1Cc1ccc2c(c1)OCO2. The zero-order valence-electron chi connectivity index (χ0n) is 15.3. The lowest BCUT2D eigenvalue weighted by Crippen LogP contribution is -2.42. The van der Waals surface area contributed by atoms with Gasteiger partial charge in [-0.05, 0) is 47.5 Å². The van der Waals surface area contributed by atoms with Crippen LogP contribution in [0.25, 0.3) is 0 Å². The van der Waals surface area contributed by atoms with E-state index >= 15 is 0 Å². The predicted octanol–water partition coefficient (Wildman–Crippen LogP) is 3.59. The van der Waals surface area contributed by atoms with Crippen molar-refractivity contribution in [2.75, 3.05) is 12.1 Å². The Bertz CT molecular complexity index is 1110. The number of para-hydroxylation sites is 1. The van der Waals surface area contributed by atoms with E-state index in [9.17, 15) is 15.0 Å². The highest BCUT2D eigenvalue weighted by atomic mass is 16.7. The van der Waals surface area contributed by atoms with E-state index in [0.717, 1.165) is 11.3 Å². The zero-order valence-corrected chi connectivity index (χ0v) is 15.3. The molecule has 0 radical (unpaired) electrons. The lowest BCUT2D eigenvalue weighted by molar-refractivity contribution is 0.0666. The maximum absolute atomic E-state index is 13.3. The minimum Gasteiger partial charge on any atom is -0.504 e. The molecule has 7 nitrogen and oxygen atoms in total. The van der Waals surface area contributed by atoms with E-state index < -0.39 is 6.17 Å². The van der Waals surface area contributed by atoms with Gasteiger partial charge in [0.15, 0.2) is 23.0 Å². The fourth-order valence-corrected chi connectivity index (χ4v) is 3.67. The maximum atomic E-state index is 13.3. The number of phenolic OH excluding ortho intramolecular Hbond substituents is 2. The summed E-state index contributed by atoms with van der Waals surface area (Å²) in [5, 5.41) is 23.0. The molecule has 1 unspecified atom stereocenters. The molecule has 1 atom stereocenters. The Morgan fingerprint density at radius 3 is 2.66 bits per heavy atom. The molecule has 146 valence electrons. The molecule has 3 aromatic carbocycles. The van der Waals surface area contributed by atoms with E-state index in [1.165, 1.54) is 12.1 Å². The fourth-order valence-electron chi connectivity index (χ4n) is 3.67. The summed E-state index contributed by atoms with van der Waals surface area (Å²) in [6.45, 7) is 0.509. The average Bonchev–Trinajstić information content (AvgIpc) is 3.20. The molecule has 0 spiro atoms. The Labute approximate surface area is 166 Å². The van der Waals surface area contributed by atoms with Gasteiger partial charge in [-0.25, -0.2) is 0 Å². The molecule has 0 fully saturated rings. The van der Waals surface area contributed by atoms with Crippen molar-refractivity contribution >= 4 is 11.6 Å². The van der Waals surface area contributed by atoms with Crippen molar-refractivity contribution in [3.8, 4) is 23.0 Å². The van der Waals surface area contributed by atoms with Gasteiger partial charge in [-0.1, -0.05) is 24.3 Å². The van der Waals surface area contributed by atoms with Crippen LogP contribution in [0.4, 0.5) is 5.69 Å². The summed E-state index contributed by atoms with van der Waals surface area (Å²) >= 11 is 0. The summed E-state index contributed by atoms with van der Waals surface area (Å²) in [5.41, 5.74) is 2.84. The van der Waals surface area contributed by atoms with Crippen LogP contribution >= 0.6 is 0 Å². The Morgan fingerprint density at radius 2 is 1.79 bits per heavy atom. The number of rotatable bonds is 3. The monoisotopic (exact) mass is 390 g/mol. The lowest BCUT2D eigenvalue weighted by atomic mass is 10.0. The molecule has 5 rings (SSSR count). The van der Waals surface area contributed by atoms with Crippen molar-refractivity contribution < 1.29 is 24.5 Å². The molecule has 0 aromatic heterocycles. The predicted molar refractivity (Wildman–Crippen MR) is 105 cm³/mol. The average molecular weight is 390 g/mol. The number of phenols is 2. The number of amides is 1. The molecule has 0 saturated heterocycles. The van der Waals surface area contributed by atoms with Crippen LogP contribution in [-0.4, -0.2) is 27.8 Å². The zero-order chi connectivity index (χ0) is 20.0. The van der Waals surface area contributed by atoms with Crippen molar-refractivity contribution in [3.63, 3.8) is 0 Å². The number of ether oxygens (including phenoxy) is 2. The molecular formula is C22H18N2O5. The van der Waals surface area contributed by atoms with Crippen molar-refractivity contribution in [2.24, 2.45) is 0 Å². The molecule has 3 aromatic rings. The second-order valence-corrected chi connectivity index (χ2v) is 6.96. The standard InChI is InChI=1S/C22H18N2O5/c25-17-7-6-14(10-18(17)26)21-23-16-4-2-1-3-15(16)22(27)24(21)11-13-5-8-19-20(9-13)29-12-28-19/h1-10,21,23,25-26H,11-12H2. The molecule has 1 amide bonds. The van der Waals surface area contributed by atoms with Crippen molar-refractivity contribution in [2.45, 2.75) is 12.7 Å². The maximum Gasteiger partial charge on any atom is 0.258 e. The molecule has 29 heavy (non-hydrogen) atoms. The smallest absolute Gasteiger partial charge is 0.258 e. The van der Waals surface area contributed by atoms with E-state index in [-0.39, 0.29) is 24.2 Å². The Morgan fingerprint density at radius 1 is 0.966 bits per heavy atom. The van der Waals surface area contributed by atoms with Crippen LogP contribution in [0.3, 0.4) is 0 Å². The van der Waals surface area contributed by atoms with E-state index in [0.29, 0.717) is 29.2 Å². The number of carbonyl (C=O) groups excluding carboxylic acids is 1. The van der Waals surface area contributed by atoms with E-state index in [1.54, 1.807) is 17.0 Å². The van der Waals surface area contributed by atoms with Crippen LogP contribution in [0.15, 0.2) is 60.7 Å². The molecule has 0 saturated carbocycles. The van der Waals surface area contributed by atoms with Gasteiger partial charge in [0.2, 0.25) is 6.79 Å². The second kappa shape index (κ2) is 6.63. The molecule has 3 N–H and O–H groups in total. The van der Waals surface area contributed by atoms with Crippen LogP contribution in [0.5, 0.6) is 23.0 Å². The second-order valence-electron chi connectivity index (χ2n) is 6.96. The van der Waals surface area contributed by atoms with E-state index in [1.807, 2.05) is 36.4 Å². The number of benzene rings is 3. The number of hydrogen-bond acceptors (Lipinski definition) is 6. The summed E-state index contributed by atoms with van der Waals surface area (Å²) in [5.74, 6) is 0.758. The Hall–Kier alpha value is -3.87. The summed E-state index contributed by atoms with van der Waals surface area (Å²) in [6.07, 6.45) is -0.519. The third-order valence-electron chi connectivity index (χ3n) is 5.13. The summed E-state index contributed by atoms with van der Waals surface area (Å²) < 4.78 is 10.8. The van der Waals surface area contributed by atoms with Crippen LogP contribution < -0.4 is 14.8 Å². The molecule has 2 aliphatic heterocycles. The summed E-state index contributed by atoms with van der Waals surface area (Å²) in [4.78, 5) is 15.0. The van der Waals surface area contributed by atoms with E-state index in [4.69, 9.17) is 9.47 Å². The number of aromatic hydroxyl groups is 2. The topological polar surface area (TPSA) is 91.3 Å². The highest BCUT2D eigenvalue weighted by Gasteiger charge is 2.33. The lowest BCUT2D eigenvalue weighted by Gasteiger charge is -2.38. The number of nitrogens with one attached hydrogen (secondary N) is 1. The molecular weight excluding hydrogens is 372 g/mol. The number of anilines is 1. The van der Waals surface area contributed by atoms with Crippen molar-refractivity contribution in [1.29, 1.82) is 0 Å². The van der Waals surface area contributed by atoms with Gasteiger partial charge in [0.05, 0.1) is 5.56 Å². The van der Waals surface area contributed by atoms with Crippen LogP contribution in [0, 0.1) is 0 Å². The minimum atomic E-state index is -0.519. The van der Waals surface area contributed by atoms with Crippen molar-refractivity contribution in [3.05, 3.63) is 77.4 Å². The van der Waals surface area contributed by atoms with Crippen LogP contribution in [0.2, 0.25) is 0 Å². The quantitative estimate of drug-likeness (QED) is 0.592. The third kappa shape index (κ3) is 2.97. The highest BCUT2D eigenvalue weighted by molar-refractivity contribution is 6.01. The number of nitrogens with zero attached hydrogens (tertiary/aromatic N) is 1. The first-order valence-corrected chi connectivity index (χ1v) is 9.17. The summed E-state index contributed by atoms with van der Waals surface area (Å²) in [7, 11) is 0. The molecule has 2 heterocycles. The third-order valence-corrected chi connectivity index (χ3v) is 5.13. The summed E-state index contributed by atoms with van der Waals surface area (Å²) in [6, 6.07) is 17.4.